The second kappa shape index (κ2) is 4.80. The predicted molar refractivity (Wildman–Crippen MR) is 48.1 cm³/mol. The SMILES string of the molecule is NCCN1CCN(C(=O)C(F)(F)F)CC1. The summed E-state index contributed by atoms with van der Waals surface area (Å²) < 4.78 is 36.2. The van der Waals surface area contributed by atoms with Crippen molar-refractivity contribution in [3.63, 3.8) is 0 Å². The topological polar surface area (TPSA) is 49.6 Å². The van der Waals surface area contributed by atoms with Crippen LogP contribution in [-0.2, 0) is 4.79 Å². The molecule has 0 aromatic rings. The molecule has 0 aliphatic carbocycles. The first kappa shape index (κ1) is 12.3. The molecule has 1 rings (SSSR count). The molecule has 7 heteroatoms. The maximum atomic E-state index is 12.1. The zero-order chi connectivity index (χ0) is 11.5. The zero-order valence-corrected chi connectivity index (χ0v) is 8.26. The molecular weight excluding hydrogens is 211 g/mol. The van der Waals surface area contributed by atoms with Crippen molar-refractivity contribution in [1.82, 2.24) is 9.80 Å². The van der Waals surface area contributed by atoms with Crippen LogP contribution in [0.2, 0.25) is 0 Å². The van der Waals surface area contributed by atoms with Gasteiger partial charge in [-0.25, -0.2) is 0 Å². The van der Waals surface area contributed by atoms with Gasteiger partial charge in [0.1, 0.15) is 0 Å². The van der Waals surface area contributed by atoms with Crippen molar-refractivity contribution in [2.45, 2.75) is 6.18 Å². The Labute approximate surface area is 85.8 Å². The van der Waals surface area contributed by atoms with Gasteiger partial charge in [-0.05, 0) is 0 Å². The molecule has 4 nitrogen and oxygen atoms in total. The maximum absolute atomic E-state index is 12.1. The van der Waals surface area contributed by atoms with Crippen LogP contribution in [0.15, 0.2) is 0 Å². The first-order valence-corrected chi connectivity index (χ1v) is 4.73. The smallest absolute Gasteiger partial charge is 0.332 e. The van der Waals surface area contributed by atoms with Gasteiger partial charge < -0.3 is 10.6 Å². The van der Waals surface area contributed by atoms with Crippen LogP contribution in [0.4, 0.5) is 13.2 Å². The summed E-state index contributed by atoms with van der Waals surface area (Å²) in [4.78, 5) is 13.6. The minimum atomic E-state index is -4.75. The van der Waals surface area contributed by atoms with Crippen LogP contribution < -0.4 is 5.73 Å². The first-order chi connectivity index (χ1) is 6.95. The van der Waals surface area contributed by atoms with E-state index in [4.69, 9.17) is 5.73 Å². The molecule has 15 heavy (non-hydrogen) atoms. The van der Waals surface area contributed by atoms with E-state index in [2.05, 4.69) is 0 Å². The first-order valence-electron chi connectivity index (χ1n) is 4.73. The summed E-state index contributed by atoms with van der Waals surface area (Å²) in [5.41, 5.74) is 5.32. The van der Waals surface area contributed by atoms with Crippen molar-refractivity contribution in [2.75, 3.05) is 39.3 Å². The van der Waals surface area contributed by atoms with Gasteiger partial charge >= 0.3 is 12.1 Å². The number of nitrogens with zero attached hydrogens (tertiary/aromatic N) is 2. The van der Waals surface area contributed by atoms with E-state index in [-0.39, 0.29) is 13.1 Å². The summed E-state index contributed by atoms with van der Waals surface area (Å²) in [5, 5.41) is 0. The van der Waals surface area contributed by atoms with E-state index in [1.54, 1.807) is 0 Å². The number of rotatable bonds is 2. The number of hydrogen-bond donors (Lipinski definition) is 1. The molecule has 1 amide bonds. The molecule has 0 spiro atoms. The molecule has 0 bridgehead atoms. The number of carbonyl (C=O) groups is 1. The number of carbonyl (C=O) groups excluding carboxylic acids is 1. The Balaban J connectivity index is 2.41. The van der Waals surface area contributed by atoms with Crippen molar-refractivity contribution in [1.29, 1.82) is 0 Å². The summed E-state index contributed by atoms with van der Waals surface area (Å²) in [6, 6.07) is 0. The number of nitrogens with two attached hydrogens (primary N) is 1. The van der Waals surface area contributed by atoms with E-state index in [0.717, 1.165) is 4.90 Å². The molecule has 0 aromatic carbocycles. The highest BCUT2D eigenvalue weighted by molar-refractivity contribution is 5.81. The molecule has 1 aliphatic heterocycles. The average molecular weight is 225 g/mol. The maximum Gasteiger partial charge on any atom is 0.471 e. The van der Waals surface area contributed by atoms with Crippen molar-refractivity contribution in [2.24, 2.45) is 5.73 Å². The lowest BCUT2D eigenvalue weighted by molar-refractivity contribution is -0.187. The van der Waals surface area contributed by atoms with Gasteiger partial charge in [-0.15, -0.1) is 0 Å². The molecule has 1 saturated heterocycles. The molecule has 1 fully saturated rings. The fourth-order valence-corrected chi connectivity index (χ4v) is 1.54. The van der Waals surface area contributed by atoms with Crippen LogP contribution >= 0.6 is 0 Å². The summed E-state index contributed by atoms with van der Waals surface area (Å²) in [7, 11) is 0. The van der Waals surface area contributed by atoms with E-state index < -0.39 is 12.1 Å². The molecule has 2 N–H and O–H groups in total. The lowest BCUT2D eigenvalue weighted by Gasteiger charge is -2.34. The number of alkyl halides is 3. The third-order valence-electron chi connectivity index (χ3n) is 2.35. The van der Waals surface area contributed by atoms with Crippen LogP contribution in [0.1, 0.15) is 0 Å². The lowest BCUT2D eigenvalue weighted by Crippen LogP contribution is -2.53. The van der Waals surface area contributed by atoms with Crippen LogP contribution in [0.5, 0.6) is 0 Å². The molecule has 0 aromatic heterocycles. The molecule has 0 saturated carbocycles. The Bertz CT molecular complexity index is 224. The fraction of sp³-hybridized carbons (Fsp3) is 0.875. The van der Waals surface area contributed by atoms with E-state index >= 15 is 0 Å². The monoisotopic (exact) mass is 225 g/mol. The Morgan fingerprint density at radius 2 is 1.73 bits per heavy atom. The van der Waals surface area contributed by atoms with Gasteiger partial charge in [0.15, 0.2) is 0 Å². The van der Waals surface area contributed by atoms with E-state index in [1.807, 2.05) is 4.90 Å². The lowest BCUT2D eigenvalue weighted by atomic mass is 10.3. The molecule has 0 atom stereocenters. The standard InChI is InChI=1S/C8H14F3N3O/c9-8(10,11)7(15)14-5-3-13(2-1-12)4-6-14/h1-6,12H2. The van der Waals surface area contributed by atoms with E-state index in [0.29, 0.717) is 26.2 Å². The second-order valence-corrected chi connectivity index (χ2v) is 3.42. The zero-order valence-electron chi connectivity index (χ0n) is 8.26. The van der Waals surface area contributed by atoms with Crippen molar-refractivity contribution in [3.8, 4) is 0 Å². The highest BCUT2D eigenvalue weighted by Crippen LogP contribution is 2.19. The summed E-state index contributed by atoms with van der Waals surface area (Å²) in [6.45, 7) is 2.30. The number of halogens is 3. The molecular formula is C8H14F3N3O. The predicted octanol–water partition coefficient (Wildman–Crippen LogP) is -0.348. The molecule has 88 valence electrons. The fourth-order valence-electron chi connectivity index (χ4n) is 1.54. The van der Waals surface area contributed by atoms with Crippen LogP contribution in [0, 0.1) is 0 Å². The van der Waals surface area contributed by atoms with E-state index in [9.17, 15) is 18.0 Å². The summed E-state index contributed by atoms with van der Waals surface area (Å²) in [5.74, 6) is -1.74. The third kappa shape index (κ3) is 3.35. The Hall–Kier alpha value is -0.820. The molecule has 1 heterocycles. The van der Waals surface area contributed by atoms with Crippen molar-refractivity contribution < 1.29 is 18.0 Å². The van der Waals surface area contributed by atoms with Crippen LogP contribution in [0.3, 0.4) is 0 Å². The van der Waals surface area contributed by atoms with Gasteiger partial charge in [0, 0.05) is 39.3 Å². The average Bonchev–Trinajstić information content (AvgIpc) is 2.17. The van der Waals surface area contributed by atoms with Gasteiger partial charge in [0.05, 0.1) is 0 Å². The minimum Gasteiger partial charge on any atom is -0.332 e. The number of amides is 1. The Morgan fingerprint density at radius 1 is 1.20 bits per heavy atom. The molecule has 1 aliphatic rings. The van der Waals surface area contributed by atoms with Gasteiger partial charge in [0.25, 0.3) is 0 Å². The minimum absolute atomic E-state index is 0.123. The van der Waals surface area contributed by atoms with E-state index in [1.165, 1.54) is 0 Å². The largest absolute Gasteiger partial charge is 0.471 e. The number of hydrogen-bond acceptors (Lipinski definition) is 3. The normalized spacial score (nSPS) is 19.3. The Kier molecular flexibility index (Phi) is 3.92. The van der Waals surface area contributed by atoms with Crippen LogP contribution in [-0.4, -0.2) is 61.2 Å². The number of piperazine rings is 1. The summed E-state index contributed by atoms with van der Waals surface area (Å²) >= 11 is 0. The van der Waals surface area contributed by atoms with Gasteiger partial charge in [0.2, 0.25) is 0 Å². The van der Waals surface area contributed by atoms with Crippen LogP contribution in [0.25, 0.3) is 0 Å². The highest BCUT2D eigenvalue weighted by Gasteiger charge is 2.42. The second-order valence-electron chi connectivity index (χ2n) is 3.42. The molecule has 0 radical (unpaired) electrons. The highest BCUT2D eigenvalue weighted by atomic mass is 19.4. The third-order valence-corrected chi connectivity index (χ3v) is 2.35. The summed E-state index contributed by atoms with van der Waals surface area (Å²) in [6.07, 6.45) is -4.75. The Morgan fingerprint density at radius 3 is 2.13 bits per heavy atom. The van der Waals surface area contributed by atoms with Gasteiger partial charge in [-0.3, -0.25) is 9.69 Å². The molecule has 0 unspecified atom stereocenters. The van der Waals surface area contributed by atoms with Gasteiger partial charge in [-0.2, -0.15) is 13.2 Å². The van der Waals surface area contributed by atoms with Gasteiger partial charge in [-0.1, -0.05) is 0 Å². The quantitative estimate of drug-likeness (QED) is 0.699. The van der Waals surface area contributed by atoms with Crippen molar-refractivity contribution >= 4 is 5.91 Å². The van der Waals surface area contributed by atoms with Crippen molar-refractivity contribution in [3.05, 3.63) is 0 Å².